The maximum Gasteiger partial charge on any atom is 0.322 e. The summed E-state index contributed by atoms with van der Waals surface area (Å²) >= 11 is 2.91. The second kappa shape index (κ2) is 4.81. The molecule has 0 radical (unpaired) electrons. The minimum absolute atomic E-state index is 0.197. The number of aromatic nitrogens is 2. The topological polar surface area (TPSA) is 68.0 Å². The first-order chi connectivity index (χ1) is 8.47. The van der Waals surface area contributed by atoms with Gasteiger partial charge >= 0.3 is 6.01 Å². The van der Waals surface area contributed by atoms with Gasteiger partial charge in [-0.25, -0.2) is 8.78 Å². The second-order valence-corrected chi connectivity index (χ2v) is 4.24. The number of rotatable bonds is 2. The zero-order valence-electron chi connectivity index (χ0n) is 9.00. The van der Waals surface area contributed by atoms with Gasteiger partial charge in [0.15, 0.2) is 0 Å². The quantitative estimate of drug-likeness (QED) is 0.924. The number of anilines is 1. The van der Waals surface area contributed by atoms with Gasteiger partial charge in [0.2, 0.25) is 5.89 Å². The smallest absolute Gasteiger partial charge is 0.322 e. The van der Waals surface area contributed by atoms with Gasteiger partial charge in [0.05, 0.1) is 0 Å². The van der Waals surface area contributed by atoms with E-state index in [0.29, 0.717) is 0 Å². The van der Waals surface area contributed by atoms with E-state index >= 15 is 0 Å². The first-order valence-corrected chi connectivity index (χ1v) is 5.52. The summed E-state index contributed by atoms with van der Waals surface area (Å²) in [4.78, 5) is 11.6. The monoisotopic (exact) mass is 317 g/mol. The van der Waals surface area contributed by atoms with E-state index in [0.717, 1.165) is 12.1 Å². The molecular weight excluding hydrogens is 312 g/mol. The summed E-state index contributed by atoms with van der Waals surface area (Å²) in [5, 5.41) is 9.06. The van der Waals surface area contributed by atoms with Crippen LogP contribution >= 0.6 is 15.9 Å². The van der Waals surface area contributed by atoms with E-state index in [-0.39, 0.29) is 16.4 Å². The molecule has 0 aliphatic rings. The fourth-order valence-electron chi connectivity index (χ4n) is 1.27. The lowest BCUT2D eigenvalue weighted by molar-refractivity contribution is 0.101. The lowest BCUT2D eigenvalue weighted by Crippen LogP contribution is -2.16. The predicted molar refractivity (Wildman–Crippen MR) is 61.0 cm³/mol. The standard InChI is InChI=1S/C10H6BrF2N3O2/c1-4-15-16-10(18-4)14-9(17)8-6(12)2-5(11)3-7(8)13/h2-3H,1H3,(H,14,16,17). The number of carbonyl (C=O) groups excluding carboxylic acids is 1. The van der Waals surface area contributed by atoms with Crippen LogP contribution in [0.2, 0.25) is 0 Å². The fraction of sp³-hybridized carbons (Fsp3) is 0.100. The Morgan fingerprint density at radius 3 is 2.44 bits per heavy atom. The van der Waals surface area contributed by atoms with Crippen molar-refractivity contribution in [2.75, 3.05) is 5.32 Å². The van der Waals surface area contributed by atoms with Gasteiger partial charge in [0, 0.05) is 11.4 Å². The maximum absolute atomic E-state index is 13.5. The number of nitrogens with one attached hydrogen (secondary N) is 1. The van der Waals surface area contributed by atoms with E-state index in [4.69, 9.17) is 4.42 Å². The third kappa shape index (κ3) is 2.53. The van der Waals surface area contributed by atoms with Crippen LogP contribution in [0.4, 0.5) is 14.8 Å². The van der Waals surface area contributed by atoms with Crippen molar-refractivity contribution in [3.8, 4) is 0 Å². The van der Waals surface area contributed by atoms with E-state index in [1.807, 2.05) is 0 Å². The Bertz CT molecular complexity index is 592. The van der Waals surface area contributed by atoms with Gasteiger partial charge in [0.25, 0.3) is 5.91 Å². The number of hydrogen-bond donors (Lipinski definition) is 1. The molecule has 8 heteroatoms. The highest BCUT2D eigenvalue weighted by atomic mass is 79.9. The molecular formula is C10H6BrF2N3O2. The molecule has 5 nitrogen and oxygen atoms in total. The normalized spacial score (nSPS) is 10.4. The fourth-order valence-corrected chi connectivity index (χ4v) is 1.67. The average Bonchev–Trinajstić information content (AvgIpc) is 2.62. The Morgan fingerprint density at radius 1 is 1.33 bits per heavy atom. The number of amides is 1. The van der Waals surface area contributed by atoms with E-state index in [1.54, 1.807) is 0 Å². The molecule has 1 aromatic heterocycles. The van der Waals surface area contributed by atoms with Crippen LogP contribution in [0.5, 0.6) is 0 Å². The molecule has 0 fully saturated rings. The molecule has 0 aliphatic carbocycles. The van der Waals surface area contributed by atoms with Crippen LogP contribution in [-0.4, -0.2) is 16.1 Å². The SMILES string of the molecule is Cc1nnc(NC(=O)c2c(F)cc(Br)cc2F)o1. The summed E-state index contributed by atoms with van der Waals surface area (Å²) in [6, 6.07) is 1.74. The summed E-state index contributed by atoms with van der Waals surface area (Å²) in [7, 11) is 0. The number of halogens is 3. The Labute approximate surface area is 108 Å². The van der Waals surface area contributed by atoms with Crippen molar-refractivity contribution in [2.24, 2.45) is 0 Å². The van der Waals surface area contributed by atoms with Crippen molar-refractivity contribution < 1.29 is 18.0 Å². The molecule has 1 N–H and O–H groups in total. The maximum atomic E-state index is 13.5. The summed E-state index contributed by atoms with van der Waals surface area (Å²) in [5.41, 5.74) is -0.714. The number of carbonyl (C=O) groups is 1. The summed E-state index contributed by atoms with van der Waals surface area (Å²) in [6.45, 7) is 1.52. The van der Waals surface area contributed by atoms with E-state index in [9.17, 15) is 13.6 Å². The molecule has 1 aromatic carbocycles. The van der Waals surface area contributed by atoms with Crippen LogP contribution in [0.25, 0.3) is 0 Å². The van der Waals surface area contributed by atoms with Crippen LogP contribution in [0.15, 0.2) is 21.0 Å². The number of benzene rings is 1. The number of hydrogen-bond acceptors (Lipinski definition) is 4. The lowest BCUT2D eigenvalue weighted by Gasteiger charge is -2.04. The Hall–Kier alpha value is -1.83. The third-order valence-corrected chi connectivity index (χ3v) is 2.44. The summed E-state index contributed by atoms with van der Waals surface area (Å²) in [5.74, 6) is -2.76. The molecule has 0 aliphatic heterocycles. The van der Waals surface area contributed by atoms with Crippen molar-refractivity contribution in [2.45, 2.75) is 6.92 Å². The molecule has 94 valence electrons. The zero-order chi connectivity index (χ0) is 13.3. The van der Waals surface area contributed by atoms with Crippen LogP contribution in [0.1, 0.15) is 16.2 Å². The minimum atomic E-state index is -0.999. The summed E-state index contributed by atoms with van der Waals surface area (Å²) < 4.78 is 32.0. The van der Waals surface area contributed by atoms with Gasteiger partial charge in [-0.1, -0.05) is 21.0 Å². The first kappa shape index (κ1) is 12.6. The van der Waals surface area contributed by atoms with Crippen molar-refractivity contribution >= 4 is 27.9 Å². The molecule has 1 heterocycles. The van der Waals surface area contributed by atoms with Gasteiger partial charge in [-0.15, -0.1) is 5.10 Å². The highest BCUT2D eigenvalue weighted by molar-refractivity contribution is 9.10. The predicted octanol–water partition coefficient (Wildman–Crippen LogP) is 2.67. The van der Waals surface area contributed by atoms with Gasteiger partial charge in [-0.3, -0.25) is 10.1 Å². The van der Waals surface area contributed by atoms with Crippen LogP contribution < -0.4 is 5.32 Å². The lowest BCUT2D eigenvalue weighted by atomic mass is 10.2. The first-order valence-electron chi connectivity index (χ1n) is 4.73. The third-order valence-electron chi connectivity index (χ3n) is 1.98. The van der Waals surface area contributed by atoms with Gasteiger partial charge in [0.1, 0.15) is 17.2 Å². The van der Waals surface area contributed by atoms with Crippen molar-refractivity contribution in [3.63, 3.8) is 0 Å². The molecule has 18 heavy (non-hydrogen) atoms. The van der Waals surface area contributed by atoms with E-state index in [2.05, 4.69) is 31.4 Å². The van der Waals surface area contributed by atoms with Gasteiger partial charge in [-0.2, -0.15) is 0 Å². The molecule has 0 saturated carbocycles. The molecule has 0 spiro atoms. The molecule has 2 aromatic rings. The van der Waals surface area contributed by atoms with Gasteiger partial charge < -0.3 is 4.42 Å². The number of aryl methyl sites for hydroxylation is 1. The highest BCUT2D eigenvalue weighted by Crippen LogP contribution is 2.20. The van der Waals surface area contributed by atoms with Crippen LogP contribution in [0.3, 0.4) is 0 Å². The van der Waals surface area contributed by atoms with Crippen LogP contribution in [-0.2, 0) is 0 Å². The molecule has 1 amide bonds. The van der Waals surface area contributed by atoms with Crippen LogP contribution in [0, 0.1) is 18.6 Å². The zero-order valence-corrected chi connectivity index (χ0v) is 10.6. The van der Waals surface area contributed by atoms with Crippen molar-refractivity contribution in [3.05, 3.63) is 39.7 Å². The van der Waals surface area contributed by atoms with E-state index < -0.39 is 23.1 Å². The summed E-state index contributed by atoms with van der Waals surface area (Å²) in [6.07, 6.45) is 0. The van der Waals surface area contributed by atoms with E-state index in [1.165, 1.54) is 6.92 Å². The number of nitrogens with zero attached hydrogens (tertiary/aromatic N) is 2. The second-order valence-electron chi connectivity index (χ2n) is 3.32. The molecule has 0 saturated heterocycles. The largest absolute Gasteiger partial charge is 0.408 e. The molecule has 0 atom stereocenters. The average molecular weight is 318 g/mol. The Kier molecular flexibility index (Phi) is 3.37. The molecule has 2 rings (SSSR count). The van der Waals surface area contributed by atoms with Crippen molar-refractivity contribution in [1.82, 2.24) is 10.2 Å². The Morgan fingerprint density at radius 2 is 1.94 bits per heavy atom. The van der Waals surface area contributed by atoms with Gasteiger partial charge in [-0.05, 0) is 12.1 Å². The minimum Gasteiger partial charge on any atom is -0.408 e. The van der Waals surface area contributed by atoms with Crippen molar-refractivity contribution in [1.29, 1.82) is 0 Å². The molecule has 0 bridgehead atoms. The highest BCUT2D eigenvalue weighted by Gasteiger charge is 2.20. The Balaban J connectivity index is 2.29. The molecule has 0 unspecified atom stereocenters.